The lowest BCUT2D eigenvalue weighted by Gasteiger charge is -2.13. The van der Waals surface area contributed by atoms with Gasteiger partial charge in [-0.2, -0.15) is 13.2 Å². The highest BCUT2D eigenvalue weighted by atomic mass is 19.4. The van der Waals surface area contributed by atoms with Crippen molar-refractivity contribution >= 4 is 16.9 Å². The summed E-state index contributed by atoms with van der Waals surface area (Å²) < 4.78 is 38.8. The molecule has 24 heavy (non-hydrogen) atoms. The van der Waals surface area contributed by atoms with E-state index >= 15 is 0 Å². The Bertz CT molecular complexity index is 949. The lowest BCUT2D eigenvalue weighted by atomic mass is 9.97. The van der Waals surface area contributed by atoms with Gasteiger partial charge in [-0.25, -0.2) is 9.78 Å². The molecule has 0 spiro atoms. The first-order chi connectivity index (χ1) is 11.3. The molecule has 3 rings (SSSR count). The van der Waals surface area contributed by atoms with Gasteiger partial charge in [-0.3, -0.25) is 0 Å². The first-order valence-corrected chi connectivity index (χ1v) is 7.09. The van der Waals surface area contributed by atoms with Crippen molar-refractivity contribution in [1.82, 2.24) is 4.98 Å². The number of alkyl halides is 3. The first-order valence-electron chi connectivity index (χ1n) is 7.09. The Hall–Kier alpha value is -2.89. The predicted octanol–water partition coefficient (Wildman–Crippen LogP) is 4.93. The van der Waals surface area contributed by atoms with Crippen LogP contribution in [0.5, 0.6) is 0 Å². The number of carboxylic acids is 1. The van der Waals surface area contributed by atoms with Crippen molar-refractivity contribution in [2.45, 2.75) is 13.1 Å². The van der Waals surface area contributed by atoms with Gasteiger partial charge in [0.25, 0.3) is 0 Å². The second-order valence-corrected chi connectivity index (χ2v) is 5.36. The third kappa shape index (κ3) is 2.71. The second kappa shape index (κ2) is 5.63. The fourth-order valence-corrected chi connectivity index (χ4v) is 2.71. The molecule has 2 aromatic carbocycles. The quantitative estimate of drug-likeness (QED) is 0.724. The summed E-state index contributed by atoms with van der Waals surface area (Å²) in [6.07, 6.45) is -4.48. The summed E-state index contributed by atoms with van der Waals surface area (Å²) in [7, 11) is 0. The monoisotopic (exact) mass is 331 g/mol. The number of fused-ring (bicyclic) bond motifs is 1. The maximum absolute atomic E-state index is 12.9. The summed E-state index contributed by atoms with van der Waals surface area (Å²) in [5.41, 5.74) is 0.473. The second-order valence-electron chi connectivity index (χ2n) is 5.36. The van der Waals surface area contributed by atoms with E-state index in [2.05, 4.69) is 4.98 Å². The highest BCUT2D eigenvalue weighted by Crippen LogP contribution is 2.34. The van der Waals surface area contributed by atoms with Gasteiger partial charge in [-0.1, -0.05) is 30.3 Å². The molecule has 122 valence electrons. The van der Waals surface area contributed by atoms with Gasteiger partial charge < -0.3 is 5.11 Å². The van der Waals surface area contributed by atoms with Crippen molar-refractivity contribution < 1.29 is 23.1 Å². The molecule has 1 aromatic heterocycles. The Kier molecular flexibility index (Phi) is 3.75. The molecule has 0 radical (unpaired) electrons. The van der Waals surface area contributed by atoms with Crippen LogP contribution in [0.4, 0.5) is 13.2 Å². The van der Waals surface area contributed by atoms with Crippen LogP contribution in [0.25, 0.3) is 22.2 Å². The highest BCUT2D eigenvalue weighted by Gasteiger charge is 2.31. The van der Waals surface area contributed by atoms with E-state index in [-0.39, 0.29) is 16.8 Å². The van der Waals surface area contributed by atoms with Gasteiger partial charge in [-0.05, 0) is 30.7 Å². The van der Waals surface area contributed by atoms with Gasteiger partial charge in [0.1, 0.15) is 0 Å². The Morgan fingerprint density at radius 1 is 1.08 bits per heavy atom. The van der Waals surface area contributed by atoms with E-state index < -0.39 is 17.7 Å². The zero-order chi connectivity index (χ0) is 17.5. The Morgan fingerprint density at radius 3 is 2.46 bits per heavy atom. The summed E-state index contributed by atoms with van der Waals surface area (Å²) in [5.74, 6) is -1.14. The number of aromatic nitrogens is 1. The fraction of sp³-hybridized carbons (Fsp3) is 0.111. The van der Waals surface area contributed by atoms with Crippen LogP contribution in [0, 0.1) is 6.92 Å². The van der Waals surface area contributed by atoms with Gasteiger partial charge in [0.2, 0.25) is 0 Å². The summed E-state index contributed by atoms with van der Waals surface area (Å²) in [6.45, 7) is 1.55. The minimum Gasteiger partial charge on any atom is -0.478 e. The van der Waals surface area contributed by atoms with E-state index in [9.17, 15) is 23.1 Å². The average molecular weight is 331 g/mol. The third-order valence-electron chi connectivity index (χ3n) is 3.81. The van der Waals surface area contributed by atoms with Gasteiger partial charge in [0.15, 0.2) is 0 Å². The Morgan fingerprint density at radius 2 is 1.79 bits per heavy atom. The van der Waals surface area contributed by atoms with E-state index in [0.717, 1.165) is 12.1 Å². The fourth-order valence-electron chi connectivity index (χ4n) is 2.71. The molecule has 0 amide bonds. The Labute approximate surface area is 135 Å². The van der Waals surface area contributed by atoms with Gasteiger partial charge in [0.05, 0.1) is 22.3 Å². The van der Waals surface area contributed by atoms with Crippen molar-refractivity contribution in [2.24, 2.45) is 0 Å². The number of hydrogen-bond donors (Lipinski definition) is 1. The molecule has 0 aliphatic heterocycles. The molecule has 0 saturated heterocycles. The Balaban J connectivity index is 2.32. The molecule has 0 saturated carbocycles. The van der Waals surface area contributed by atoms with Gasteiger partial charge in [0, 0.05) is 10.9 Å². The van der Waals surface area contributed by atoms with Crippen LogP contribution < -0.4 is 0 Å². The number of benzene rings is 2. The molecule has 1 N–H and O–H groups in total. The topological polar surface area (TPSA) is 50.2 Å². The number of halogens is 3. The van der Waals surface area contributed by atoms with Crippen molar-refractivity contribution in [1.29, 1.82) is 0 Å². The van der Waals surface area contributed by atoms with Crippen LogP contribution in [0.1, 0.15) is 21.5 Å². The van der Waals surface area contributed by atoms with E-state index in [1.54, 1.807) is 31.2 Å². The van der Waals surface area contributed by atoms with Gasteiger partial charge >= 0.3 is 12.1 Å². The van der Waals surface area contributed by atoms with Crippen LogP contribution in [0.15, 0.2) is 48.5 Å². The number of pyridine rings is 1. The van der Waals surface area contributed by atoms with Crippen LogP contribution >= 0.6 is 0 Å². The molecule has 3 nitrogen and oxygen atoms in total. The van der Waals surface area contributed by atoms with Crippen molar-refractivity contribution in [2.75, 3.05) is 0 Å². The third-order valence-corrected chi connectivity index (χ3v) is 3.81. The molecule has 0 atom stereocenters. The lowest BCUT2D eigenvalue weighted by Crippen LogP contribution is -2.07. The van der Waals surface area contributed by atoms with Crippen molar-refractivity contribution in [3.63, 3.8) is 0 Å². The first kappa shape index (κ1) is 16.0. The van der Waals surface area contributed by atoms with Crippen molar-refractivity contribution in [3.05, 3.63) is 65.2 Å². The van der Waals surface area contributed by atoms with E-state index in [1.165, 1.54) is 12.1 Å². The maximum Gasteiger partial charge on any atom is 0.416 e. The molecule has 0 unspecified atom stereocenters. The standard InChI is InChI=1S/C18H12F3NO2/c1-10-15(17(23)24)13-7-2-3-8-14(13)22-16(10)11-5-4-6-12(9-11)18(19,20)21/h2-9H,1H3,(H,23,24). The molecule has 3 aromatic rings. The molecular weight excluding hydrogens is 319 g/mol. The molecular formula is C18H12F3NO2. The maximum atomic E-state index is 12.9. The molecule has 1 heterocycles. The largest absolute Gasteiger partial charge is 0.478 e. The molecule has 0 aliphatic rings. The summed E-state index contributed by atoms with van der Waals surface area (Å²) in [4.78, 5) is 16.0. The number of carbonyl (C=O) groups is 1. The minimum atomic E-state index is -4.48. The smallest absolute Gasteiger partial charge is 0.416 e. The van der Waals surface area contributed by atoms with Gasteiger partial charge in [-0.15, -0.1) is 0 Å². The van der Waals surface area contributed by atoms with E-state index in [1.807, 2.05) is 0 Å². The number of aromatic carboxylic acids is 1. The zero-order valence-corrected chi connectivity index (χ0v) is 12.6. The van der Waals surface area contributed by atoms with Crippen molar-refractivity contribution in [3.8, 4) is 11.3 Å². The average Bonchev–Trinajstić information content (AvgIpc) is 2.53. The van der Waals surface area contributed by atoms with Crippen LogP contribution in [-0.4, -0.2) is 16.1 Å². The molecule has 6 heteroatoms. The summed E-state index contributed by atoms with van der Waals surface area (Å²) in [5, 5.41) is 9.97. The number of para-hydroxylation sites is 1. The van der Waals surface area contributed by atoms with Crippen LogP contribution in [-0.2, 0) is 6.18 Å². The number of carboxylic acid groups (broad SMARTS) is 1. The number of rotatable bonds is 2. The lowest BCUT2D eigenvalue weighted by molar-refractivity contribution is -0.137. The predicted molar refractivity (Wildman–Crippen MR) is 83.9 cm³/mol. The van der Waals surface area contributed by atoms with Crippen LogP contribution in [0.3, 0.4) is 0 Å². The molecule has 0 fully saturated rings. The minimum absolute atomic E-state index is 0.0491. The summed E-state index contributed by atoms with van der Waals surface area (Å²) >= 11 is 0. The summed E-state index contributed by atoms with van der Waals surface area (Å²) in [6, 6.07) is 11.4. The normalized spacial score (nSPS) is 11.7. The highest BCUT2D eigenvalue weighted by molar-refractivity contribution is 6.05. The zero-order valence-electron chi connectivity index (χ0n) is 12.6. The van der Waals surface area contributed by atoms with E-state index in [0.29, 0.717) is 16.5 Å². The number of nitrogens with zero attached hydrogens (tertiary/aromatic N) is 1. The SMILES string of the molecule is Cc1c(-c2cccc(C(F)(F)F)c2)nc2ccccc2c1C(=O)O. The number of hydrogen-bond acceptors (Lipinski definition) is 2. The molecule has 0 aliphatic carbocycles. The molecule has 0 bridgehead atoms. The van der Waals surface area contributed by atoms with Crippen LogP contribution in [0.2, 0.25) is 0 Å². The van der Waals surface area contributed by atoms with E-state index in [4.69, 9.17) is 0 Å².